The van der Waals surface area contributed by atoms with Crippen LogP contribution in [0.15, 0.2) is 18.2 Å². The van der Waals surface area contributed by atoms with Crippen molar-refractivity contribution in [2.75, 3.05) is 38.2 Å². The van der Waals surface area contributed by atoms with E-state index in [4.69, 9.17) is 9.47 Å². The Balaban J connectivity index is 1.34. The average molecular weight is 358 g/mol. The molecule has 1 aromatic heterocycles. The maximum absolute atomic E-state index is 12.1. The fourth-order valence-electron chi connectivity index (χ4n) is 3.63. The van der Waals surface area contributed by atoms with Gasteiger partial charge in [0.1, 0.15) is 12.4 Å². The maximum atomic E-state index is 12.1. The van der Waals surface area contributed by atoms with Crippen LogP contribution in [0.5, 0.6) is 0 Å². The second-order valence-corrected chi connectivity index (χ2v) is 7.07. The standard InChI is InChI=1S/C19H26N4O3/c24-19(13-26-15-3-1-2-4-15)20-14-5-6-16-17(11-14)22-18(21-16)12-23-7-9-25-10-8-23/h5-6,11,15H,1-4,7-10,12-13H2,(H,20,24)(H,21,22). The lowest BCUT2D eigenvalue weighted by molar-refractivity contribution is -0.122. The zero-order valence-electron chi connectivity index (χ0n) is 15.0. The summed E-state index contributed by atoms with van der Waals surface area (Å²) >= 11 is 0. The van der Waals surface area contributed by atoms with Crippen LogP contribution < -0.4 is 5.32 Å². The van der Waals surface area contributed by atoms with Gasteiger partial charge >= 0.3 is 0 Å². The normalized spacial score (nSPS) is 19.2. The SMILES string of the molecule is O=C(COC1CCCC1)Nc1ccc2nc(CN3CCOCC3)[nH]c2c1. The highest BCUT2D eigenvalue weighted by molar-refractivity contribution is 5.93. The molecule has 0 spiro atoms. The molecule has 2 aromatic rings. The van der Waals surface area contributed by atoms with E-state index in [2.05, 4.69) is 20.2 Å². The van der Waals surface area contributed by atoms with Gasteiger partial charge in [-0.15, -0.1) is 0 Å². The molecule has 2 fully saturated rings. The highest BCUT2D eigenvalue weighted by Crippen LogP contribution is 2.21. The van der Waals surface area contributed by atoms with Crippen LogP contribution in [-0.2, 0) is 20.8 Å². The molecule has 7 nitrogen and oxygen atoms in total. The Bertz CT molecular complexity index is 748. The summed E-state index contributed by atoms with van der Waals surface area (Å²) in [6, 6.07) is 5.75. The first-order valence-electron chi connectivity index (χ1n) is 9.46. The van der Waals surface area contributed by atoms with Crippen LogP contribution in [0.3, 0.4) is 0 Å². The van der Waals surface area contributed by atoms with Crippen molar-refractivity contribution >= 4 is 22.6 Å². The molecule has 0 bridgehead atoms. The van der Waals surface area contributed by atoms with Crippen LogP contribution in [0.2, 0.25) is 0 Å². The average Bonchev–Trinajstić information content (AvgIpc) is 3.29. The molecule has 1 aromatic carbocycles. The molecule has 0 unspecified atom stereocenters. The summed E-state index contributed by atoms with van der Waals surface area (Å²) < 4.78 is 11.0. The Hall–Kier alpha value is -1.96. The number of amides is 1. The van der Waals surface area contributed by atoms with E-state index in [9.17, 15) is 4.79 Å². The van der Waals surface area contributed by atoms with Gasteiger partial charge in [-0.3, -0.25) is 9.69 Å². The molecule has 1 aliphatic heterocycles. The third kappa shape index (κ3) is 4.41. The number of aromatic nitrogens is 2. The third-order valence-electron chi connectivity index (χ3n) is 5.04. The van der Waals surface area contributed by atoms with E-state index in [1.807, 2.05) is 18.2 Å². The fraction of sp³-hybridized carbons (Fsp3) is 0.579. The molecule has 1 aliphatic carbocycles. The topological polar surface area (TPSA) is 79.5 Å². The lowest BCUT2D eigenvalue weighted by Crippen LogP contribution is -2.35. The molecular weight excluding hydrogens is 332 g/mol. The number of hydrogen-bond acceptors (Lipinski definition) is 5. The molecule has 2 heterocycles. The number of imidazole rings is 1. The molecular formula is C19H26N4O3. The van der Waals surface area contributed by atoms with Gasteiger partial charge in [0.15, 0.2) is 0 Å². The van der Waals surface area contributed by atoms with Crippen LogP contribution in [0.4, 0.5) is 5.69 Å². The van der Waals surface area contributed by atoms with Gasteiger partial charge in [0.25, 0.3) is 0 Å². The summed E-state index contributed by atoms with van der Waals surface area (Å²) in [5.74, 6) is 0.833. The Labute approximate surface area is 153 Å². The molecule has 0 radical (unpaired) electrons. The van der Waals surface area contributed by atoms with E-state index in [0.29, 0.717) is 0 Å². The lowest BCUT2D eigenvalue weighted by atomic mass is 10.2. The van der Waals surface area contributed by atoms with E-state index in [-0.39, 0.29) is 18.6 Å². The summed E-state index contributed by atoms with van der Waals surface area (Å²) in [7, 11) is 0. The van der Waals surface area contributed by atoms with E-state index >= 15 is 0 Å². The number of H-pyrrole nitrogens is 1. The molecule has 140 valence electrons. The smallest absolute Gasteiger partial charge is 0.250 e. The fourth-order valence-corrected chi connectivity index (χ4v) is 3.63. The number of ether oxygens (including phenoxy) is 2. The number of carbonyl (C=O) groups is 1. The molecule has 4 rings (SSSR count). The summed E-state index contributed by atoms with van der Waals surface area (Å²) in [5.41, 5.74) is 2.61. The van der Waals surface area contributed by atoms with Crippen LogP contribution in [0, 0.1) is 0 Å². The number of benzene rings is 1. The van der Waals surface area contributed by atoms with E-state index < -0.39 is 0 Å². The Morgan fingerprint density at radius 1 is 1.31 bits per heavy atom. The molecule has 1 saturated carbocycles. The first kappa shape index (κ1) is 17.5. The van der Waals surface area contributed by atoms with Gasteiger partial charge in [-0.25, -0.2) is 4.98 Å². The molecule has 0 atom stereocenters. The van der Waals surface area contributed by atoms with Gasteiger partial charge in [0.05, 0.1) is 36.9 Å². The molecule has 1 amide bonds. The number of anilines is 1. The third-order valence-corrected chi connectivity index (χ3v) is 5.04. The van der Waals surface area contributed by atoms with Crippen molar-refractivity contribution in [3.8, 4) is 0 Å². The predicted molar refractivity (Wildman–Crippen MR) is 99.0 cm³/mol. The Morgan fingerprint density at radius 2 is 2.12 bits per heavy atom. The van der Waals surface area contributed by atoms with Gasteiger partial charge in [-0.05, 0) is 31.0 Å². The summed E-state index contributed by atoms with van der Waals surface area (Å²) in [5, 5.41) is 2.91. The van der Waals surface area contributed by atoms with Crippen molar-refractivity contribution in [3.05, 3.63) is 24.0 Å². The number of nitrogens with zero attached hydrogens (tertiary/aromatic N) is 2. The first-order chi connectivity index (χ1) is 12.8. The van der Waals surface area contributed by atoms with Crippen molar-refractivity contribution in [1.29, 1.82) is 0 Å². The Kier molecular flexibility index (Phi) is 5.48. The summed E-state index contributed by atoms with van der Waals surface area (Å²) in [6.07, 6.45) is 4.79. The number of hydrogen-bond donors (Lipinski definition) is 2. The minimum Gasteiger partial charge on any atom is -0.379 e. The molecule has 7 heteroatoms. The van der Waals surface area contributed by atoms with E-state index in [1.54, 1.807) is 0 Å². The van der Waals surface area contributed by atoms with Crippen molar-refractivity contribution in [1.82, 2.24) is 14.9 Å². The van der Waals surface area contributed by atoms with Gasteiger partial charge in [0, 0.05) is 18.8 Å². The van der Waals surface area contributed by atoms with Crippen LogP contribution in [0.1, 0.15) is 31.5 Å². The quantitative estimate of drug-likeness (QED) is 0.828. The zero-order chi connectivity index (χ0) is 17.8. The predicted octanol–water partition coefficient (Wildman–Crippen LogP) is 2.29. The first-order valence-corrected chi connectivity index (χ1v) is 9.46. The maximum Gasteiger partial charge on any atom is 0.250 e. The van der Waals surface area contributed by atoms with Crippen molar-refractivity contribution in [2.24, 2.45) is 0 Å². The second kappa shape index (κ2) is 8.16. The number of fused-ring (bicyclic) bond motifs is 1. The highest BCUT2D eigenvalue weighted by Gasteiger charge is 2.17. The zero-order valence-corrected chi connectivity index (χ0v) is 15.0. The van der Waals surface area contributed by atoms with Gasteiger partial charge in [-0.2, -0.15) is 0 Å². The van der Waals surface area contributed by atoms with Crippen LogP contribution >= 0.6 is 0 Å². The number of morpholine rings is 1. The molecule has 2 N–H and O–H groups in total. The Morgan fingerprint density at radius 3 is 2.92 bits per heavy atom. The minimum atomic E-state index is -0.107. The molecule has 2 aliphatic rings. The minimum absolute atomic E-state index is 0.107. The summed E-state index contributed by atoms with van der Waals surface area (Å²) in [4.78, 5) is 22.4. The molecule has 1 saturated heterocycles. The van der Waals surface area contributed by atoms with Crippen LogP contribution in [0.25, 0.3) is 11.0 Å². The van der Waals surface area contributed by atoms with Crippen LogP contribution in [-0.4, -0.2) is 59.8 Å². The van der Waals surface area contributed by atoms with E-state index in [1.165, 1.54) is 12.8 Å². The monoisotopic (exact) mass is 358 g/mol. The number of nitrogens with one attached hydrogen (secondary N) is 2. The number of carbonyl (C=O) groups excluding carboxylic acids is 1. The second-order valence-electron chi connectivity index (χ2n) is 7.07. The van der Waals surface area contributed by atoms with E-state index in [0.717, 1.165) is 68.2 Å². The largest absolute Gasteiger partial charge is 0.379 e. The van der Waals surface area contributed by atoms with Crippen molar-refractivity contribution in [2.45, 2.75) is 38.3 Å². The van der Waals surface area contributed by atoms with Crippen molar-refractivity contribution < 1.29 is 14.3 Å². The molecule has 26 heavy (non-hydrogen) atoms. The van der Waals surface area contributed by atoms with Crippen molar-refractivity contribution in [3.63, 3.8) is 0 Å². The number of rotatable bonds is 6. The van der Waals surface area contributed by atoms with Gasteiger partial charge < -0.3 is 19.8 Å². The lowest BCUT2D eigenvalue weighted by Gasteiger charge is -2.25. The summed E-state index contributed by atoms with van der Waals surface area (Å²) in [6.45, 7) is 4.32. The van der Waals surface area contributed by atoms with Gasteiger partial charge in [0.2, 0.25) is 5.91 Å². The number of aromatic amines is 1. The highest BCUT2D eigenvalue weighted by atomic mass is 16.5. The van der Waals surface area contributed by atoms with Gasteiger partial charge in [-0.1, -0.05) is 12.8 Å².